The summed E-state index contributed by atoms with van der Waals surface area (Å²) in [5.74, 6) is -1.34. The minimum absolute atomic E-state index is 0.0368. The van der Waals surface area contributed by atoms with Crippen molar-refractivity contribution >= 4 is 11.8 Å². The molecule has 0 spiro atoms. The molecule has 6 heteroatoms. The van der Waals surface area contributed by atoms with E-state index in [9.17, 15) is 14.7 Å². The van der Waals surface area contributed by atoms with E-state index in [1.54, 1.807) is 12.2 Å². The van der Waals surface area contributed by atoms with Crippen LogP contribution >= 0.6 is 0 Å². The number of unbranched alkanes of at least 4 members (excludes halogenated alkanes) is 3. The summed E-state index contributed by atoms with van der Waals surface area (Å²) in [5, 5.41) is 27.8. The van der Waals surface area contributed by atoms with E-state index in [-0.39, 0.29) is 30.5 Å². The van der Waals surface area contributed by atoms with E-state index in [1.165, 1.54) is 0 Å². The molecule has 0 radical (unpaired) electrons. The van der Waals surface area contributed by atoms with Gasteiger partial charge in [0, 0.05) is 24.7 Å². The maximum absolute atomic E-state index is 12.1. The first-order valence-corrected chi connectivity index (χ1v) is 9.55. The van der Waals surface area contributed by atoms with Crippen LogP contribution in [0.5, 0.6) is 0 Å². The van der Waals surface area contributed by atoms with Crippen molar-refractivity contribution in [2.24, 2.45) is 11.8 Å². The van der Waals surface area contributed by atoms with E-state index in [4.69, 9.17) is 10.4 Å². The van der Waals surface area contributed by atoms with Crippen LogP contribution in [0.1, 0.15) is 64.7 Å². The van der Waals surface area contributed by atoms with E-state index in [2.05, 4.69) is 11.8 Å². The molecule has 3 N–H and O–H groups in total. The number of aliphatic hydroxyl groups is 1. The number of carbonyl (C=O) groups excluding carboxylic acids is 1. The molecule has 1 saturated carbocycles. The largest absolute Gasteiger partial charge is 0.481 e. The lowest BCUT2D eigenvalue weighted by Gasteiger charge is -2.17. The Balaban J connectivity index is 2.54. The molecule has 1 rings (SSSR count). The summed E-state index contributed by atoms with van der Waals surface area (Å²) in [6.07, 6.45) is 12.0. The van der Waals surface area contributed by atoms with Gasteiger partial charge >= 0.3 is 5.97 Å². The van der Waals surface area contributed by atoms with Gasteiger partial charge in [0.05, 0.1) is 6.10 Å². The van der Waals surface area contributed by atoms with Gasteiger partial charge in [0.15, 0.2) is 0 Å². The van der Waals surface area contributed by atoms with Crippen LogP contribution in [0.25, 0.3) is 0 Å². The van der Waals surface area contributed by atoms with Crippen LogP contribution in [0.2, 0.25) is 0 Å². The fraction of sp³-hybridized carbons (Fsp3) is 0.700. The highest BCUT2D eigenvalue weighted by Crippen LogP contribution is 2.33. The van der Waals surface area contributed by atoms with Crippen LogP contribution in [0.4, 0.5) is 0 Å². The molecule has 26 heavy (non-hydrogen) atoms. The van der Waals surface area contributed by atoms with Gasteiger partial charge in [-0.05, 0) is 25.7 Å². The molecule has 0 heterocycles. The molecule has 0 amide bonds. The molecule has 6 nitrogen and oxygen atoms in total. The molecular weight excluding hydrogens is 336 g/mol. The van der Waals surface area contributed by atoms with E-state index in [0.717, 1.165) is 19.3 Å². The molecule has 0 aromatic carbocycles. The average molecular weight is 368 g/mol. The third-order valence-electron chi connectivity index (χ3n) is 4.83. The lowest BCUT2D eigenvalue weighted by Crippen LogP contribution is -2.19. The van der Waals surface area contributed by atoms with Crippen molar-refractivity contribution in [1.29, 1.82) is 0 Å². The molecule has 0 aromatic heterocycles. The van der Waals surface area contributed by atoms with Crippen LogP contribution in [0, 0.1) is 11.8 Å². The third kappa shape index (κ3) is 8.25. The summed E-state index contributed by atoms with van der Waals surface area (Å²) in [4.78, 5) is 27.1. The molecule has 4 atom stereocenters. The Morgan fingerprint density at radius 1 is 1.31 bits per heavy atom. The average Bonchev–Trinajstić information content (AvgIpc) is 2.87. The number of allylic oxidation sites excluding steroid dienone is 2. The van der Waals surface area contributed by atoms with Crippen LogP contribution < -0.4 is 0 Å². The number of aliphatic carboxylic acids is 1. The molecule has 1 aliphatic carbocycles. The second kappa shape index (κ2) is 12.8. The molecule has 0 saturated heterocycles. The van der Waals surface area contributed by atoms with Gasteiger partial charge in [-0.1, -0.05) is 50.5 Å². The third-order valence-corrected chi connectivity index (χ3v) is 4.83. The van der Waals surface area contributed by atoms with Crippen molar-refractivity contribution in [3.05, 3.63) is 24.3 Å². The van der Waals surface area contributed by atoms with E-state index in [1.807, 2.05) is 12.2 Å². The molecule has 0 aliphatic heterocycles. The minimum atomic E-state index is -0.808. The zero-order valence-electron chi connectivity index (χ0n) is 15.5. The molecule has 148 valence electrons. The number of hydrogen-bond donors (Lipinski definition) is 3. The fourth-order valence-electron chi connectivity index (χ4n) is 3.29. The number of carbonyl (C=O) groups is 2. The number of aliphatic hydroxyl groups excluding tert-OH is 1. The van der Waals surface area contributed by atoms with Gasteiger partial charge < -0.3 is 10.2 Å². The van der Waals surface area contributed by atoms with Crippen molar-refractivity contribution in [2.45, 2.75) is 76.9 Å². The Hall–Kier alpha value is -1.50. The number of rotatable bonds is 13. The Morgan fingerprint density at radius 2 is 2.08 bits per heavy atom. The molecule has 4 unspecified atom stereocenters. The highest BCUT2D eigenvalue weighted by Gasteiger charge is 2.39. The predicted molar refractivity (Wildman–Crippen MR) is 98.6 cm³/mol. The highest BCUT2D eigenvalue weighted by molar-refractivity contribution is 5.84. The number of carboxylic acid groups (broad SMARTS) is 1. The van der Waals surface area contributed by atoms with Crippen molar-refractivity contribution < 1.29 is 29.9 Å². The van der Waals surface area contributed by atoms with Crippen molar-refractivity contribution in [1.82, 2.24) is 0 Å². The molecule has 1 fully saturated rings. The van der Waals surface area contributed by atoms with Gasteiger partial charge in [-0.25, -0.2) is 4.89 Å². The number of ketones is 1. The normalized spacial score (nSPS) is 24.7. The maximum atomic E-state index is 12.1. The standard InChI is InChI=1S/C20H32O6/c1-2-3-6-9-15(26-25)12-13-17-16(18(21)14-19(17)22)10-7-4-5-8-11-20(23)24/h4,7,12-13,15-17,19,22,25H,2-3,5-6,8-11,14H2,1H3,(H,23,24). The van der Waals surface area contributed by atoms with Crippen LogP contribution in [0.15, 0.2) is 24.3 Å². The summed E-state index contributed by atoms with van der Waals surface area (Å²) in [5.41, 5.74) is 0. The second-order valence-electron chi connectivity index (χ2n) is 6.94. The van der Waals surface area contributed by atoms with E-state index >= 15 is 0 Å². The zero-order valence-corrected chi connectivity index (χ0v) is 15.5. The van der Waals surface area contributed by atoms with Gasteiger partial charge in [-0.15, -0.1) is 0 Å². The SMILES string of the molecule is CCCCCC(C=CC1C(O)CC(=O)C1CC=CCCCC(=O)O)OO. The lowest BCUT2D eigenvalue weighted by atomic mass is 9.90. The maximum Gasteiger partial charge on any atom is 0.303 e. The number of Topliss-reactive ketones (excluding diaryl/α,β-unsaturated/α-hetero) is 1. The smallest absolute Gasteiger partial charge is 0.303 e. The summed E-state index contributed by atoms with van der Waals surface area (Å²) >= 11 is 0. The predicted octanol–water partition coefficient (Wildman–Crippen LogP) is 3.75. The first kappa shape index (κ1) is 22.5. The van der Waals surface area contributed by atoms with Crippen LogP contribution in [-0.2, 0) is 14.5 Å². The second-order valence-corrected chi connectivity index (χ2v) is 6.94. The van der Waals surface area contributed by atoms with Gasteiger partial charge in [0.2, 0.25) is 0 Å². The fourth-order valence-corrected chi connectivity index (χ4v) is 3.29. The monoisotopic (exact) mass is 368 g/mol. The van der Waals surface area contributed by atoms with E-state index in [0.29, 0.717) is 25.7 Å². The van der Waals surface area contributed by atoms with E-state index < -0.39 is 18.2 Å². The van der Waals surface area contributed by atoms with Gasteiger partial charge in [-0.2, -0.15) is 0 Å². The Morgan fingerprint density at radius 3 is 2.73 bits per heavy atom. The highest BCUT2D eigenvalue weighted by atomic mass is 17.1. The van der Waals surface area contributed by atoms with Crippen molar-refractivity contribution in [3.8, 4) is 0 Å². The minimum Gasteiger partial charge on any atom is -0.481 e. The van der Waals surface area contributed by atoms with Gasteiger partial charge in [0.1, 0.15) is 11.9 Å². The first-order valence-electron chi connectivity index (χ1n) is 9.55. The summed E-state index contributed by atoms with van der Waals surface area (Å²) in [6.45, 7) is 2.10. The summed E-state index contributed by atoms with van der Waals surface area (Å²) in [6, 6.07) is 0. The topological polar surface area (TPSA) is 104 Å². The van der Waals surface area contributed by atoms with Crippen LogP contribution in [0.3, 0.4) is 0 Å². The Kier molecular flexibility index (Phi) is 11.1. The van der Waals surface area contributed by atoms with Crippen molar-refractivity contribution in [3.63, 3.8) is 0 Å². The van der Waals surface area contributed by atoms with Crippen LogP contribution in [-0.4, -0.2) is 39.4 Å². The molecule has 0 aromatic rings. The number of carboxylic acids is 1. The van der Waals surface area contributed by atoms with Gasteiger partial charge in [-0.3, -0.25) is 14.8 Å². The molecular formula is C20H32O6. The van der Waals surface area contributed by atoms with Gasteiger partial charge in [0.25, 0.3) is 0 Å². The Labute approximate surface area is 155 Å². The lowest BCUT2D eigenvalue weighted by molar-refractivity contribution is -0.267. The zero-order chi connectivity index (χ0) is 19.4. The summed E-state index contributed by atoms with van der Waals surface area (Å²) < 4.78 is 0. The Bertz CT molecular complexity index is 485. The molecule has 0 bridgehead atoms. The summed E-state index contributed by atoms with van der Waals surface area (Å²) in [7, 11) is 0. The van der Waals surface area contributed by atoms with Crippen molar-refractivity contribution in [2.75, 3.05) is 0 Å². The quantitative estimate of drug-likeness (QED) is 0.198. The number of hydrogen-bond acceptors (Lipinski definition) is 5. The molecule has 1 aliphatic rings. The first-order chi connectivity index (χ1) is 12.5.